The number of pyridine rings is 1. The van der Waals surface area contributed by atoms with Gasteiger partial charge in [0, 0.05) is 68.8 Å². The summed E-state index contributed by atoms with van der Waals surface area (Å²) in [6, 6.07) is 11.0. The van der Waals surface area contributed by atoms with Gasteiger partial charge in [0.15, 0.2) is 5.82 Å². The molecule has 162 valence electrons. The van der Waals surface area contributed by atoms with Gasteiger partial charge in [-0.25, -0.2) is 14.4 Å². The Labute approximate surface area is 182 Å². The smallest absolute Gasteiger partial charge is 0.161 e. The van der Waals surface area contributed by atoms with Gasteiger partial charge in [0.1, 0.15) is 17.4 Å². The zero-order valence-corrected chi connectivity index (χ0v) is 18.3. The summed E-state index contributed by atoms with van der Waals surface area (Å²) in [4.78, 5) is 18.0. The number of ether oxygens (including phenoxy) is 1. The molecule has 1 saturated heterocycles. The summed E-state index contributed by atoms with van der Waals surface area (Å²) in [5.41, 5.74) is 2.67. The highest BCUT2D eigenvalue weighted by Crippen LogP contribution is 2.30. The van der Waals surface area contributed by atoms with Crippen molar-refractivity contribution in [2.24, 2.45) is 0 Å². The van der Waals surface area contributed by atoms with E-state index in [0.717, 1.165) is 43.0 Å². The summed E-state index contributed by atoms with van der Waals surface area (Å²) in [5, 5.41) is 0. The van der Waals surface area contributed by atoms with Crippen molar-refractivity contribution in [3.05, 3.63) is 65.9 Å². The van der Waals surface area contributed by atoms with Crippen LogP contribution in [0.1, 0.15) is 30.0 Å². The van der Waals surface area contributed by atoms with Crippen molar-refractivity contribution in [2.75, 3.05) is 39.2 Å². The van der Waals surface area contributed by atoms with Gasteiger partial charge in [0.25, 0.3) is 0 Å². The molecule has 6 nitrogen and oxygen atoms in total. The number of nitrogens with zero attached hydrogens (tertiary/aromatic N) is 5. The first-order valence-corrected chi connectivity index (χ1v) is 10.5. The van der Waals surface area contributed by atoms with E-state index in [1.807, 2.05) is 43.3 Å². The van der Waals surface area contributed by atoms with Gasteiger partial charge < -0.3 is 9.64 Å². The number of hydrogen-bond donors (Lipinski definition) is 0. The van der Waals surface area contributed by atoms with Gasteiger partial charge in [0.2, 0.25) is 0 Å². The van der Waals surface area contributed by atoms with E-state index in [4.69, 9.17) is 14.7 Å². The lowest BCUT2D eigenvalue weighted by Gasteiger charge is -2.33. The standard InChI is InChI=1S/C24H28FN5O/c1-29(2)23-14-22(27-24(28-23)17-8-10-26-11-9-17)19-5-4-12-30(16-19)15-18-6-7-20(31-3)13-21(18)25/h6-11,13-14,19H,4-5,12,15-16H2,1-3H3/t19-/m0/s1. The summed E-state index contributed by atoms with van der Waals surface area (Å²) in [7, 11) is 5.53. The van der Waals surface area contributed by atoms with E-state index in [9.17, 15) is 4.39 Å². The fourth-order valence-corrected chi connectivity index (χ4v) is 3.99. The Morgan fingerprint density at radius 3 is 2.65 bits per heavy atom. The number of rotatable bonds is 6. The molecule has 1 aliphatic heterocycles. The molecular weight excluding hydrogens is 393 g/mol. The number of methoxy groups -OCH3 is 1. The van der Waals surface area contributed by atoms with Crippen LogP contribution in [0.3, 0.4) is 0 Å². The highest BCUT2D eigenvalue weighted by atomic mass is 19.1. The van der Waals surface area contributed by atoms with Crippen molar-refractivity contribution in [1.82, 2.24) is 19.9 Å². The maximum atomic E-state index is 14.5. The van der Waals surface area contributed by atoms with Crippen molar-refractivity contribution in [1.29, 1.82) is 0 Å². The van der Waals surface area contributed by atoms with Gasteiger partial charge in [-0.05, 0) is 37.6 Å². The van der Waals surface area contributed by atoms with Crippen molar-refractivity contribution in [2.45, 2.75) is 25.3 Å². The molecule has 0 N–H and O–H groups in total. The molecule has 0 bridgehead atoms. The summed E-state index contributed by atoms with van der Waals surface area (Å²) < 4.78 is 19.6. The fraction of sp³-hybridized carbons (Fsp3) is 0.375. The molecule has 0 amide bonds. The van der Waals surface area contributed by atoms with Crippen LogP contribution in [0.5, 0.6) is 5.75 Å². The number of halogens is 1. The monoisotopic (exact) mass is 421 g/mol. The molecule has 0 radical (unpaired) electrons. The average Bonchev–Trinajstić information content (AvgIpc) is 2.81. The summed E-state index contributed by atoms with van der Waals surface area (Å²) >= 11 is 0. The Bertz CT molecular complexity index is 1030. The first kappa shape index (κ1) is 21.2. The van der Waals surface area contributed by atoms with E-state index < -0.39 is 0 Å². The molecule has 1 aromatic carbocycles. The molecule has 0 aliphatic carbocycles. The average molecular weight is 422 g/mol. The van der Waals surface area contributed by atoms with E-state index in [1.54, 1.807) is 19.5 Å². The number of piperidine rings is 1. The first-order chi connectivity index (χ1) is 15.0. The van der Waals surface area contributed by atoms with Crippen LogP contribution in [-0.2, 0) is 6.54 Å². The maximum Gasteiger partial charge on any atom is 0.161 e. The zero-order valence-electron chi connectivity index (χ0n) is 18.3. The van der Waals surface area contributed by atoms with Crippen LogP contribution in [0.25, 0.3) is 11.4 Å². The number of aromatic nitrogens is 3. The lowest BCUT2D eigenvalue weighted by Crippen LogP contribution is -2.34. The number of likely N-dealkylation sites (tertiary alicyclic amines) is 1. The minimum Gasteiger partial charge on any atom is -0.497 e. The molecule has 4 rings (SSSR count). The predicted molar refractivity (Wildman–Crippen MR) is 120 cm³/mol. The van der Waals surface area contributed by atoms with Gasteiger partial charge in [-0.15, -0.1) is 0 Å². The van der Waals surface area contributed by atoms with E-state index in [2.05, 4.69) is 16.0 Å². The van der Waals surface area contributed by atoms with Crippen molar-refractivity contribution in [3.63, 3.8) is 0 Å². The Hall–Kier alpha value is -3.06. The summed E-state index contributed by atoms with van der Waals surface area (Å²) in [5.74, 6) is 2.19. The lowest BCUT2D eigenvalue weighted by atomic mass is 9.93. The molecule has 3 aromatic rings. The van der Waals surface area contributed by atoms with Gasteiger partial charge in [-0.3, -0.25) is 9.88 Å². The van der Waals surface area contributed by atoms with Gasteiger partial charge in [-0.1, -0.05) is 6.07 Å². The third-order valence-corrected chi connectivity index (χ3v) is 5.71. The van der Waals surface area contributed by atoms with Crippen molar-refractivity contribution >= 4 is 5.82 Å². The number of anilines is 1. The lowest BCUT2D eigenvalue weighted by molar-refractivity contribution is 0.196. The van der Waals surface area contributed by atoms with Crippen LogP contribution < -0.4 is 9.64 Å². The highest BCUT2D eigenvalue weighted by molar-refractivity contribution is 5.57. The molecule has 2 aromatic heterocycles. The van der Waals surface area contributed by atoms with Crippen LogP contribution >= 0.6 is 0 Å². The Morgan fingerprint density at radius 1 is 1.13 bits per heavy atom. The fourth-order valence-electron chi connectivity index (χ4n) is 3.99. The van der Waals surface area contributed by atoms with Gasteiger partial charge >= 0.3 is 0 Å². The molecule has 1 atom stereocenters. The molecule has 7 heteroatoms. The number of hydrogen-bond acceptors (Lipinski definition) is 6. The summed E-state index contributed by atoms with van der Waals surface area (Å²) in [6.45, 7) is 2.37. The summed E-state index contributed by atoms with van der Waals surface area (Å²) in [6.07, 6.45) is 5.62. The zero-order chi connectivity index (χ0) is 21.8. The molecular formula is C24H28FN5O. The quantitative estimate of drug-likeness (QED) is 0.597. The Kier molecular flexibility index (Phi) is 6.42. The molecule has 1 aliphatic rings. The molecule has 0 unspecified atom stereocenters. The van der Waals surface area contributed by atoms with E-state index in [1.165, 1.54) is 6.07 Å². The topological polar surface area (TPSA) is 54.4 Å². The van der Waals surface area contributed by atoms with Crippen LogP contribution in [-0.4, -0.2) is 54.1 Å². The van der Waals surface area contributed by atoms with E-state index in [0.29, 0.717) is 23.7 Å². The third-order valence-electron chi connectivity index (χ3n) is 5.71. The SMILES string of the molecule is COc1ccc(CN2CCC[C@H](c3cc(N(C)C)nc(-c4ccncc4)n3)C2)c(F)c1. The second-order valence-corrected chi connectivity index (χ2v) is 8.14. The Balaban J connectivity index is 1.57. The molecule has 0 saturated carbocycles. The first-order valence-electron chi connectivity index (χ1n) is 10.5. The van der Waals surface area contributed by atoms with E-state index in [-0.39, 0.29) is 11.7 Å². The Morgan fingerprint density at radius 2 is 1.94 bits per heavy atom. The van der Waals surface area contributed by atoms with Crippen LogP contribution in [0.15, 0.2) is 48.8 Å². The predicted octanol–water partition coefficient (Wildman–Crippen LogP) is 4.13. The second-order valence-electron chi connectivity index (χ2n) is 8.14. The number of benzene rings is 1. The van der Waals surface area contributed by atoms with Crippen LogP contribution in [0.2, 0.25) is 0 Å². The minimum atomic E-state index is -0.224. The molecule has 1 fully saturated rings. The van der Waals surface area contributed by atoms with Crippen molar-refractivity contribution < 1.29 is 9.13 Å². The molecule has 31 heavy (non-hydrogen) atoms. The van der Waals surface area contributed by atoms with Crippen LogP contribution in [0.4, 0.5) is 10.2 Å². The molecule has 0 spiro atoms. The highest BCUT2D eigenvalue weighted by Gasteiger charge is 2.25. The van der Waals surface area contributed by atoms with E-state index >= 15 is 0 Å². The minimum absolute atomic E-state index is 0.224. The maximum absolute atomic E-state index is 14.5. The second kappa shape index (κ2) is 9.39. The van der Waals surface area contributed by atoms with Gasteiger partial charge in [0.05, 0.1) is 12.8 Å². The van der Waals surface area contributed by atoms with Crippen LogP contribution in [0, 0.1) is 5.82 Å². The third kappa shape index (κ3) is 4.99. The molecule has 3 heterocycles. The largest absolute Gasteiger partial charge is 0.497 e. The normalized spacial score (nSPS) is 16.8. The van der Waals surface area contributed by atoms with Crippen molar-refractivity contribution in [3.8, 4) is 17.1 Å². The van der Waals surface area contributed by atoms with Gasteiger partial charge in [-0.2, -0.15) is 0 Å².